The number of ether oxygens (including phenoxy) is 2. The minimum Gasteiger partial charge on any atom is -0.454 e. The fourth-order valence-electron chi connectivity index (χ4n) is 4.16. The quantitative estimate of drug-likeness (QED) is 0.643. The Morgan fingerprint density at radius 1 is 1.03 bits per heavy atom. The van der Waals surface area contributed by atoms with Crippen LogP contribution in [0.4, 0.5) is 5.82 Å². The van der Waals surface area contributed by atoms with Crippen molar-refractivity contribution in [3.05, 3.63) is 35.8 Å². The summed E-state index contributed by atoms with van der Waals surface area (Å²) in [5.41, 5.74) is 2.17. The Kier molecular flexibility index (Phi) is 4.94. The van der Waals surface area contributed by atoms with Crippen molar-refractivity contribution in [3.8, 4) is 11.5 Å². The summed E-state index contributed by atoms with van der Waals surface area (Å²) in [7, 11) is 1.95. The molecule has 0 aliphatic carbocycles. The second-order valence-electron chi connectivity index (χ2n) is 8.52. The number of aromatic nitrogens is 4. The lowest BCUT2D eigenvalue weighted by atomic mass is 10.1. The van der Waals surface area contributed by atoms with Crippen LogP contribution in [0.25, 0.3) is 11.0 Å². The predicted octanol–water partition coefficient (Wildman–Crippen LogP) is 2.61. The van der Waals surface area contributed by atoms with E-state index >= 15 is 0 Å². The van der Waals surface area contributed by atoms with Gasteiger partial charge in [-0.1, -0.05) is 19.9 Å². The van der Waals surface area contributed by atoms with Crippen LogP contribution in [0.1, 0.15) is 25.2 Å². The molecule has 0 saturated carbocycles. The zero-order valence-corrected chi connectivity index (χ0v) is 17.8. The van der Waals surface area contributed by atoms with Crippen molar-refractivity contribution in [1.82, 2.24) is 24.6 Å². The first-order valence-corrected chi connectivity index (χ1v) is 10.6. The molecule has 0 N–H and O–H groups in total. The zero-order valence-electron chi connectivity index (χ0n) is 17.8. The van der Waals surface area contributed by atoms with Gasteiger partial charge in [0.05, 0.1) is 11.6 Å². The van der Waals surface area contributed by atoms with Gasteiger partial charge in [-0.3, -0.25) is 9.58 Å². The molecule has 1 saturated heterocycles. The lowest BCUT2D eigenvalue weighted by Gasteiger charge is -2.35. The van der Waals surface area contributed by atoms with Crippen molar-refractivity contribution in [1.29, 1.82) is 0 Å². The van der Waals surface area contributed by atoms with E-state index in [2.05, 4.69) is 40.9 Å². The third-order valence-electron chi connectivity index (χ3n) is 5.72. The van der Waals surface area contributed by atoms with Crippen molar-refractivity contribution < 1.29 is 9.47 Å². The predicted molar refractivity (Wildman–Crippen MR) is 115 cm³/mol. The molecule has 158 valence electrons. The van der Waals surface area contributed by atoms with Crippen LogP contribution in [0.2, 0.25) is 0 Å². The Morgan fingerprint density at radius 2 is 1.83 bits per heavy atom. The number of fused-ring (bicyclic) bond motifs is 2. The molecule has 1 fully saturated rings. The largest absolute Gasteiger partial charge is 0.454 e. The lowest BCUT2D eigenvalue weighted by molar-refractivity contribution is 0.174. The van der Waals surface area contributed by atoms with Crippen molar-refractivity contribution >= 4 is 16.9 Å². The Morgan fingerprint density at radius 3 is 2.63 bits per heavy atom. The molecule has 1 aromatic carbocycles. The molecule has 0 unspecified atom stereocenters. The smallest absolute Gasteiger partial charge is 0.231 e. The molecular formula is C22H28N6O2. The topological polar surface area (TPSA) is 68.5 Å². The van der Waals surface area contributed by atoms with Gasteiger partial charge in [-0.25, -0.2) is 9.97 Å². The van der Waals surface area contributed by atoms with Gasteiger partial charge < -0.3 is 14.4 Å². The number of rotatable bonds is 5. The van der Waals surface area contributed by atoms with E-state index in [9.17, 15) is 0 Å². The molecule has 0 spiro atoms. The number of benzene rings is 1. The Bertz CT molecular complexity index is 1060. The molecule has 0 radical (unpaired) electrons. The fraction of sp³-hybridized carbons (Fsp3) is 0.500. The fourth-order valence-corrected chi connectivity index (χ4v) is 4.16. The molecule has 0 atom stereocenters. The summed E-state index contributed by atoms with van der Waals surface area (Å²) >= 11 is 0. The van der Waals surface area contributed by atoms with Crippen molar-refractivity contribution in [2.24, 2.45) is 13.0 Å². The second-order valence-corrected chi connectivity index (χ2v) is 8.52. The maximum Gasteiger partial charge on any atom is 0.231 e. The number of hydrogen-bond acceptors (Lipinski definition) is 7. The standard InChI is InChI=1S/C22H28N6O2/c1-15(2)10-20-24-21-17(12-23-26(21)3)22(25-20)28-8-6-27(7-9-28)13-16-4-5-18-19(11-16)30-14-29-18/h4-5,11-12,15H,6-10,13-14H2,1-3H3. The van der Waals surface area contributed by atoms with Crippen LogP contribution in [0.15, 0.2) is 24.4 Å². The van der Waals surface area contributed by atoms with E-state index in [1.54, 1.807) is 0 Å². The summed E-state index contributed by atoms with van der Waals surface area (Å²) < 4.78 is 12.8. The van der Waals surface area contributed by atoms with Crippen molar-refractivity contribution in [2.45, 2.75) is 26.8 Å². The van der Waals surface area contributed by atoms with Crippen molar-refractivity contribution in [3.63, 3.8) is 0 Å². The van der Waals surface area contributed by atoms with E-state index in [0.717, 1.165) is 73.3 Å². The van der Waals surface area contributed by atoms with Crippen LogP contribution >= 0.6 is 0 Å². The number of nitrogens with zero attached hydrogens (tertiary/aromatic N) is 6. The van der Waals surface area contributed by atoms with Gasteiger partial charge >= 0.3 is 0 Å². The third-order valence-corrected chi connectivity index (χ3v) is 5.72. The Labute approximate surface area is 176 Å². The van der Waals surface area contributed by atoms with Gasteiger partial charge in [0.25, 0.3) is 0 Å². The molecule has 3 aromatic rings. The van der Waals surface area contributed by atoms with Gasteiger partial charge in [0.2, 0.25) is 6.79 Å². The molecule has 5 rings (SSSR count). The van der Waals surface area contributed by atoms with E-state index in [-0.39, 0.29) is 0 Å². The van der Waals surface area contributed by atoms with E-state index in [0.29, 0.717) is 12.7 Å². The summed E-state index contributed by atoms with van der Waals surface area (Å²) in [6, 6.07) is 6.22. The first-order chi connectivity index (χ1) is 14.6. The van der Waals surface area contributed by atoms with Gasteiger partial charge in [-0.15, -0.1) is 0 Å². The highest BCUT2D eigenvalue weighted by Gasteiger charge is 2.23. The van der Waals surface area contributed by atoms with E-state index in [1.165, 1.54) is 5.56 Å². The normalized spacial score (nSPS) is 16.7. The highest BCUT2D eigenvalue weighted by molar-refractivity contribution is 5.87. The average molecular weight is 409 g/mol. The molecule has 4 heterocycles. The van der Waals surface area contributed by atoms with E-state index < -0.39 is 0 Å². The number of hydrogen-bond donors (Lipinski definition) is 0. The second kappa shape index (κ2) is 7.75. The summed E-state index contributed by atoms with van der Waals surface area (Å²) in [5, 5.41) is 5.46. The Hall–Kier alpha value is -2.87. The first kappa shape index (κ1) is 19.1. The van der Waals surface area contributed by atoms with E-state index in [1.807, 2.05) is 24.0 Å². The minimum atomic E-state index is 0.317. The van der Waals surface area contributed by atoms with Crippen LogP contribution in [0.3, 0.4) is 0 Å². The summed E-state index contributed by atoms with van der Waals surface area (Å²) in [6.45, 7) is 9.47. The Balaban J connectivity index is 1.31. The highest BCUT2D eigenvalue weighted by Crippen LogP contribution is 2.33. The number of piperazine rings is 1. The van der Waals surface area contributed by atoms with Gasteiger partial charge in [-0.2, -0.15) is 5.10 Å². The SMILES string of the molecule is CC(C)Cc1nc(N2CCN(Cc3ccc4c(c3)OCO4)CC2)c2cnn(C)c2n1. The van der Waals surface area contributed by atoms with Crippen LogP contribution in [0, 0.1) is 5.92 Å². The number of anilines is 1. The maximum absolute atomic E-state index is 5.51. The first-order valence-electron chi connectivity index (χ1n) is 10.6. The van der Waals surface area contributed by atoms with Crippen LogP contribution in [-0.4, -0.2) is 57.6 Å². The molecule has 0 bridgehead atoms. The molecule has 8 heteroatoms. The van der Waals surface area contributed by atoms with Crippen LogP contribution in [-0.2, 0) is 20.0 Å². The maximum atomic E-state index is 5.51. The van der Waals surface area contributed by atoms with Gasteiger partial charge in [0, 0.05) is 46.2 Å². The van der Waals surface area contributed by atoms with Gasteiger partial charge in [0.15, 0.2) is 17.1 Å². The minimum absolute atomic E-state index is 0.317. The molecule has 0 amide bonds. The summed E-state index contributed by atoms with van der Waals surface area (Å²) in [4.78, 5) is 14.6. The molecule has 2 aliphatic rings. The lowest BCUT2D eigenvalue weighted by Crippen LogP contribution is -2.46. The van der Waals surface area contributed by atoms with Crippen LogP contribution < -0.4 is 14.4 Å². The summed E-state index contributed by atoms with van der Waals surface area (Å²) in [5.74, 6) is 4.13. The molecule has 30 heavy (non-hydrogen) atoms. The van der Waals surface area contributed by atoms with Crippen molar-refractivity contribution in [2.75, 3.05) is 37.9 Å². The monoisotopic (exact) mass is 408 g/mol. The van der Waals surface area contributed by atoms with Crippen LogP contribution in [0.5, 0.6) is 11.5 Å². The van der Waals surface area contributed by atoms with Gasteiger partial charge in [-0.05, 0) is 23.6 Å². The molecule has 8 nitrogen and oxygen atoms in total. The molecule has 2 aromatic heterocycles. The van der Waals surface area contributed by atoms with Gasteiger partial charge in [0.1, 0.15) is 11.6 Å². The van der Waals surface area contributed by atoms with E-state index in [4.69, 9.17) is 19.4 Å². The molecular weight excluding hydrogens is 380 g/mol. The number of aryl methyl sites for hydroxylation is 1. The highest BCUT2D eigenvalue weighted by atomic mass is 16.7. The average Bonchev–Trinajstić information content (AvgIpc) is 3.34. The molecule has 2 aliphatic heterocycles. The summed E-state index contributed by atoms with van der Waals surface area (Å²) in [6.07, 6.45) is 2.76. The third kappa shape index (κ3) is 3.67. The zero-order chi connectivity index (χ0) is 20.7.